The van der Waals surface area contributed by atoms with E-state index in [1.54, 1.807) is 0 Å². The molecular formula is C17H28O2. The minimum Gasteiger partial charge on any atom is -0.235 e. The molecule has 1 aromatic rings. The lowest BCUT2D eigenvalue weighted by atomic mass is 9.79. The molecule has 1 atom stereocenters. The van der Waals surface area contributed by atoms with Crippen LogP contribution in [0.2, 0.25) is 0 Å². The van der Waals surface area contributed by atoms with E-state index in [-0.39, 0.29) is 11.0 Å². The van der Waals surface area contributed by atoms with Gasteiger partial charge in [-0.15, -0.1) is 0 Å². The van der Waals surface area contributed by atoms with Crippen LogP contribution in [0.15, 0.2) is 30.3 Å². The van der Waals surface area contributed by atoms with Crippen LogP contribution in [0.1, 0.15) is 59.4 Å². The minimum absolute atomic E-state index is 0.0164. The summed E-state index contributed by atoms with van der Waals surface area (Å²) in [5.74, 6) is 0. The fraction of sp³-hybridized carbons (Fsp3) is 0.647. The Kier molecular flexibility index (Phi) is 6.02. The van der Waals surface area contributed by atoms with Crippen molar-refractivity contribution >= 4 is 0 Å². The summed E-state index contributed by atoms with van der Waals surface area (Å²) in [4.78, 5) is 10.9. The summed E-state index contributed by atoms with van der Waals surface area (Å²) in [5.41, 5.74) is 1.08. The van der Waals surface area contributed by atoms with Crippen LogP contribution in [0.3, 0.4) is 0 Å². The van der Waals surface area contributed by atoms with Gasteiger partial charge >= 0.3 is 0 Å². The Bertz CT molecular complexity index is 353. The van der Waals surface area contributed by atoms with Gasteiger partial charge in [0, 0.05) is 5.41 Å². The Balaban J connectivity index is 2.70. The molecule has 0 bridgehead atoms. The number of rotatable bonds is 7. The first-order valence-electron chi connectivity index (χ1n) is 7.23. The molecule has 0 N–H and O–H groups in total. The quantitative estimate of drug-likeness (QED) is 0.516. The van der Waals surface area contributed by atoms with Gasteiger partial charge < -0.3 is 0 Å². The third-order valence-corrected chi connectivity index (χ3v) is 3.24. The maximum absolute atomic E-state index is 5.51. The molecule has 1 unspecified atom stereocenters. The van der Waals surface area contributed by atoms with Crippen molar-refractivity contribution in [1.82, 2.24) is 0 Å². The van der Waals surface area contributed by atoms with Crippen LogP contribution < -0.4 is 0 Å². The zero-order chi connectivity index (χ0) is 14.4. The van der Waals surface area contributed by atoms with E-state index in [9.17, 15) is 0 Å². The highest BCUT2D eigenvalue weighted by molar-refractivity contribution is 5.24. The smallest absolute Gasteiger partial charge is 0.0952 e. The number of unbranched alkanes of at least 4 members (excludes halogenated alkanes) is 1. The number of benzene rings is 1. The fourth-order valence-electron chi connectivity index (χ4n) is 2.04. The van der Waals surface area contributed by atoms with Crippen LogP contribution in [-0.4, -0.2) is 12.2 Å². The molecule has 1 rings (SSSR count). The first-order chi connectivity index (χ1) is 8.87. The Hall–Kier alpha value is -0.860. The van der Waals surface area contributed by atoms with E-state index in [4.69, 9.17) is 9.78 Å². The molecule has 19 heavy (non-hydrogen) atoms. The fourth-order valence-corrected chi connectivity index (χ4v) is 2.04. The molecule has 0 saturated heterocycles. The molecule has 2 nitrogen and oxygen atoms in total. The van der Waals surface area contributed by atoms with Gasteiger partial charge in [0.15, 0.2) is 0 Å². The molecule has 0 heterocycles. The van der Waals surface area contributed by atoms with Gasteiger partial charge in [-0.05, 0) is 32.8 Å². The predicted molar refractivity (Wildman–Crippen MR) is 80.1 cm³/mol. The monoisotopic (exact) mass is 264 g/mol. The molecular weight excluding hydrogens is 236 g/mol. The average molecular weight is 264 g/mol. The Morgan fingerprint density at radius 2 is 1.63 bits per heavy atom. The summed E-state index contributed by atoms with van der Waals surface area (Å²) in [6.07, 6.45) is 3.51. The number of hydrogen-bond donors (Lipinski definition) is 0. The average Bonchev–Trinajstić information content (AvgIpc) is 2.36. The van der Waals surface area contributed by atoms with Crippen molar-refractivity contribution in [2.75, 3.05) is 6.61 Å². The summed E-state index contributed by atoms with van der Waals surface area (Å²) in [5, 5.41) is 0. The van der Waals surface area contributed by atoms with Crippen LogP contribution in [0.5, 0.6) is 0 Å². The molecule has 0 aliphatic carbocycles. The number of hydrogen-bond acceptors (Lipinski definition) is 2. The predicted octanol–water partition coefficient (Wildman–Crippen LogP) is 4.88. The Labute approximate surface area is 118 Å². The lowest BCUT2D eigenvalue weighted by Gasteiger charge is -2.31. The third-order valence-electron chi connectivity index (χ3n) is 3.24. The molecule has 0 radical (unpaired) electrons. The van der Waals surface area contributed by atoms with Gasteiger partial charge in [-0.3, -0.25) is 0 Å². The second-order valence-corrected chi connectivity index (χ2v) is 6.49. The molecule has 0 saturated carbocycles. The van der Waals surface area contributed by atoms with E-state index in [1.807, 2.05) is 20.8 Å². The van der Waals surface area contributed by atoms with Crippen molar-refractivity contribution in [3.63, 3.8) is 0 Å². The molecule has 108 valence electrons. The molecule has 0 aromatic heterocycles. The van der Waals surface area contributed by atoms with Crippen LogP contribution in [-0.2, 0) is 15.2 Å². The lowest BCUT2D eigenvalue weighted by Crippen LogP contribution is -2.31. The molecule has 0 spiro atoms. The van der Waals surface area contributed by atoms with Crippen molar-refractivity contribution in [2.45, 2.75) is 64.9 Å². The zero-order valence-corrected chi connectivity index (χ0v) is 13.0. The molecule has 2 heteroatoms. The van der Waals surface area contributed by atoms with Crippen LogP contribution in [0.4, 0.5) is 0 Å². The highest BCUT2D eigenvalue weighted by atomic mass is 17.2. The highest BCUT2D eigenvalue weighted by Crippen LogP contribution is 2.30. The highest BCUT2D eigenvalue weighted by Gasteiger charge is 2.27. The first kappa shape index (κ1) is 16.2. The molecule has 1 aromatic carbocycles. The summed E-state index contributed by atoms with van der Waals surface area (Å²) in [6, 6.07) is 10.6. The van der Waals surface area contributed by atoms with Crippen LogP contribution in [0, 0.1) is 0 Å². The standard InChI is InChI=1S/C17H28O2/c1-6-7-13-17(5,14-18-19-16(2,3)4)15-11-9-8-10-12-15/h8-12H,6-7,13-14H2,1-5H3. The molecule has 0 aliphatic heterocycles. The summed E-state index contributed by atoms with van der Waals surface area (Å²) >= 11 is 0. The lowest BCUT2D eigenvalue weighted by molar-refractivity contribution is -0.355. The van der Waals surface area contributed by atoms with Crippen molar-refractivity contribution < 1.29 is 9.78 Å². The van der Waals surface area contributed by atoms with E-state index < -0.39 is 0 Å². The van der Waals surface area contributed by atoms with Crippen LogP contribution >= 0.6 is 0 Å². The van der Waals surface area contributed by atoms with Gasteiger partial charge in [-0.2, -0.15) is 0 Å². The van der Waals surface area contributed by atoms with E-state index in [0.717, 1.165) is 6.42 Å². The summed E-state index contributed by atoms with van der Waals surface area (Å²) in [7, 11) is 0. The topological polar surface area (TPSA) is 18.5 Å². The van der Waals surface area contributed by atoms with Gasteiger partial charge in [-0.1, -0.05) is 57.0 Å². The van der Waals surface area contributed by atoms with Gasteiger partial charge in [-0.25, -0.2) is 9.78 Å². The minimum atomic E-state index is -0.262. The molecule has 0 fully saturated rings. The van der Waals surface area contributed by atoms with E-state index >= 15 is 0 Å². The van der Waals surface area contributed by atoms with Gasteiger partial charge in [0.05, 0.1) is 12.2 Å². The second kappa shape index (κ2) is 7.06. The summed E-state index contributed by atoms with van der Waals surface area (Å²) in [6.45, 7) is 11.1. The Morgan fingerprint density at radius 1 is 1.00 bits per heavy atom. The molecule has 0 amide bonds. The normalized spacial score (nSPS) is 15.2. The van der Waals surface area contributed by atoms with Crippen molar-refractivity contribution in [3.05, 3.63) is 35.9 Å². The van der Waals surface area contributed by atoms with Gasteiger partial charge in [0.2, 0.25) is 0 Å². The van der Waals surface area contributed by atoms with Crippen molar-refractivity contribution in [2.24, 2.45) is 0 Å². The molecule has 0 aliphatic rings. The van der Waals surface area contributed by atoms with E-state index in [0.29, 0.717) is 6.61 Å². The maximum atomic E-state index is 5.51. The third kappa shape index (κ3) is 5.75. The Morgan fingerprint density at radius 3 is 2.16 bits per heavy atom. The van der Waals surface area contributed by atoms with Gasteiger partial charge in [0.25, 0.3) is 0 Å². The maximum Gasteiger partial charge on any atom is 0.0952 e. The largest absolute Gasteiger partial charge is 0.235 e. The zero-order valence-electron chi connectivity index (χ0n) is 13.0. The first-order valence-corrected chi connectivity index (χ1v) is 7.23. The van der Waals surface area contributed by atoms with E-state index in [1.165, 1.54) is 18.4 Å². The van der Waals surface area contributed by atoms with Crippen molar-refractivity contribution in [1.29, 1.82) is 0 Å². The second-order valence-electron chi connectivity index (χ2n) is 6.49. The van der Waals surface area contributed by atoms with Crippen molar-refractivity contribution in [3.8, 4) is 0 Å². The van der Waals surface area contributed by atoms with Crippen LogP contribution in [0.25, 0.3) is 0 Å². The summed E-state index contributed by atoms with van der Waals surface area (Å²) < 4.78 is 0. The SMILES string of the molecule is CCCCC(C)(COOC(C)(C)C)c1ccccc1. The van der Waals surface area contributed by atoms with E-state index in [2.05, 4.69) is 44.2 Å². The van der Waals surface area contributed by atoms with Gasteiger partial charge in [0.1, 0.15) is 0 Å².